The number of carbonyl (C=O) groups excluding carboxylic acids is 1. The Hall–Kier alpha value is -2.12. The number of pyridine rings is 1. The minimum absolute atomic E-state index is 0.000357. The minimum Gasteiger partial charge on any atom is -0.367 e. The molecule has 2 aromatic rings. The highest BCUT2D eigenvalue weighted by atomic mass is 35.5. The van der Waals surface area contributed by atoms with Crippen LogP contribution in [0.15, 0.2) is 23.3 Å². The van der Waals surface area contributed by atoms with Crippen LogP contribution in [-0.4, -0.2) is 45.0 Å². The molecule has 3 heterocycles. The van der Waals surface area contributed by atoms with Crippen molar-refractivity contribution in [2.24, 2.45) is 7.05 Å². The molecule has 1 saturated heterocycles. The first-order chi connectivity index (χ1) is 11.0. The zero-order chi connectivity index (χ0) is 16.6. The largest absolute Gasteiger partial charge is 0.367 e. The number of imidazole rings is 1. The number of H-pyrrole nitrogens is 1. The van der Waals surface area contributed by atoms with Crippen molar-refractivity contribution in [3.8, 4) is 0 Å². The van der Waals surface area contributed by atoms with E-state index < -0.39 is 5.56 Å². The first kappa shape index (κ1) is 15.8. The second-order valence-corrected chi connectivity index (χ2v) is 5.93. The van der Waals surface area contributed by atoms with E-state index in [1.807, 2.05) is 24.7 Å². The van der Waals surface area contributed by atoms with E-state index in [0.29, 0.717) is 25.3 Å². The van der Waals surface area contributed by atoms with Gasteiger partial charge in [0.15, 0.2) is 0 Å². The summed E-state index contributed by atoms with van der Waals surface area (Å²) in [6.45, 7) is 3.23. The molecular formula is C15H17ClN4O3. The number of aromatic nitrogens is 3. The monoisotopic (exact) mass is 336 g/mol. The zero-order valence-electron chi connectivity index (χ0n) is 12.9. The second kappa shape index (κ2) is 6.17. The standard InChI is InChI=1S/C15H17ClN4O3/c1-9-7-19(2)13(18-9)12-8-20(3-4-23-12)15(22)10-5-11(16)14(21)17-6-10/h5-7,12H,3-4,8H2,1-2H3,(H,17,21)/t12-/m1/s1. The number of amides is 1. The quantitative estimate of drug-likeness (QED) is 0.896. The van der Waals surface area contributed by atoms with E-state index in [2.05, 4.69) is 9.97 Å². The first-order valence-corrected chi connectivity index (χ1v) is 7.62. The number of hydrogen-bond donors (Lipinski definition) is 1. The number of ether oxygens (including phenoxy) is 1. The number of rotatable bonds is 2. The Kier molecular flexibility index (Phi) is 4.23. The summed E-state index contributed by atoms with van der Waals surface area (Å²) < 4.78 is 7.66. The van der Waals surface area contributed by atoms with Crippen LogP contribution in [0, 0.1) is 6.92 Å². The molecule has 3 rings (SSSR count). The fraction of sp³-hybridized carbons (Fsp3) is 0.400. The van der Waals surface area contributed by atoms with Gasteiger partial charge in [-0.2, -0.15) is 0 Å². The average molecular weight is 337 g/mol. The van der Waals surface area contributed by atoms with Crippen molar-refractivity contribution in [2.75, 3.05) is 19.7 Å². The lowest BCUT2D eigenvalue weighted by molar-refractivity contribution is -0.0279. The lowest BCUT2D eigenvalue weighted by atomic mass is 10.2. The summed E-state index contributed by atoms with van der Waals surface area (Å²) in [4.78, 5) is 32.5. The van der Waals surface area contributed by atoms with Gasteiger partial charge in [0, 0.05) is 26.0 Å². The lowest BCUT2D eigenvalue weighted by Gasteiger charge is -2.32. The number of nitrogens with one attached hydrogen (secondary N) is 1. The molecule has 8 heteroatoms. The van der Waals surface area contributed by atoms with Crippen molar-refractivity contribution in [3.63, 3.8) is 0 Å². The molecule has 2 aromatic heterocycles. The first-order valence-electron chi connectivity index (χ1n) is 7.24. The van der Waals surface area contributed by atoms with Gasteiger partial charge in [-0.3, -0.25) is 9.59 Å². The van der Waals surface area contributed by atoms with Crippen LogP contribution in [0.3, 0.4) is 0 Å². The van der Waals surface area contributed by atoms with Crippen LogP contribution >= 0.6 is 11.6 Å². The van der Waals surface area contributed by atoms with Crippen LogP contribution in [0.2, 0.25) is 5.02 Å². The number of morpholine rings is 1. The molecule has 0 aliphatic carbocycles. The van der Waals surface area contributed by atoms with Crippen molar-refractivity contribution in [3.05, 3.63) is 50.9 Å². The molecular weight excluding hydrogens is 320 g/mol. The fourth-order valence-electron chi connectivity index (χ4n) is 2.69. The van der Waals surface area contributed by atoms with Crippen molar-refractivity contribution >= 4 is 17.5 Å². The molecule has 0 radical (unpaired) electrons. The van der Waals surface area contributed by atoms with Gasteiger partial charge >= 0.3 is 0 Å². The maximum Gasteiger partial charge on any atom is 0.266 e. The van der Waals surface area contributed by atoms with Gasteiger partial charge in [-0.05, 0) is 13.0 Å². The van der Waals surface area contributed by atoms with Gasteiger partial charge in [-0.1, -0.05) is 11.6 Å². The third kappa shape index (κ3) is 3.16. The maximum atomic E-state index is 12.6. The normalized spacial score (nSPS) is 18.2. The molecule has 1 aliphatic heterocycles. The van der Waals surface area contributed by atoms with E-state index in [4.69, 9.17) is 16.3 Å². The summed E-state index contributed by atoms with van der Waals surface area (Å²) in [5.74, 6) is 0.599. The Balaban J connectivity index is 1.80. The number of nitrogens with zero attached hydrogens (tertiary/aromatic N) is 3. The number of hydrogen-bond acceptors (Lipinski definition) is 4. The minimum atomic E-state index is -0.411. The predicted octanol–water partition coefficient (Wildman–Crippen LogP) is 1.28. The Labute approximate surface area is 137 Å². The van der Waals surface area contributed by atoms with Crippen LogP contribution in [0.4, 0.5) is 0 Å². The molecule has 1 fully saturated rings. The molecule has 122 valence electrons. The molecule has 7 nitrogen and oxygen atoms in total. The summed E-state index contributed by atoms with van der Waals surface area (Å²) in [6, 6.07) is 1.39. The number of aryl methyl sites for hydroxylation is 2. The van der Waals surface area contributed by atoms with Gasteiger partial charge in [0.1, 0.15) is 17.0 Å². The SMILES string of the molecule is Cc1cn(C)c([C@H]2CN(C(=O)c3c[nH]c(=O)c(Cl)c3)CCO2)n1. The van der Waals surface area contributed by atoms with Gasteiger partial charge in [0.05, 0.1) is 24.4 Å². The molecule has 23 heavy (non-hydrogen) atoms. The Morgan fingerprint density at radius 2 is 2.30 bits per heavy atom. The summed E-state index contributed by atoms with van der Waals surface area (Å²) in [6.07, 6.45) is 3.03. The third-order valence-corrected chi connectivity index (χ3v) is 4.06. The van der Waals surface area contributed by atoms with Crippen molar-refractivity contribution in [2.45, 2.75) is 13.0 Å². The second-order valence-electron chi connectivity index (χ2n) is 5.53. The molecule has 0 unspecified atom stereocenters. The van der Waals surface area contributed by atoms with Crippen LogP contribution in [0.25, 0.3) is 0 Å². The number of halogens is 1. The summed E-state index contributed by atoms with van der Waals surface area (Å²) in [5, 5.41) is 0.000357. The van der Waals surface area contributed by atoms with Gasteiger partial charge in [0.25, 0.3) is 11.5 Å². The smallest absolute Gasteiger partial charge is 0.266 e. The number of carbonyl (C=O) groups is 1. The maximum absolute atomic E-state index is 12.6. The van der Waals surface area contributed by atoms with E-state index >= 15 is 0 Å². The van der Waals surface area contributed by atoms with Crippen molar-refractivity contribution in [1.29, 1.82) is 0 Å². The molecule has 1 N–H and O–H groups in total. The van der Waals surface area contributed by atoms with Crippen molar-refractivity contribution in [1.82, 2.24) is 19.4 Å². The van der Waals surface area contributed by atoms with Gasteiger partial charge in [-0.25, -0.2) is 4.98 Å². The lowest BCUT2D eigenvalue weighted by Crippen LogP contribution is -2.43. The van der Waals surface area contributed by atoms with E-state index in [1.165, 1.54) is 12.3 Å². The summed E-state index contributed by atoms with van der Waals surface area (Å²) >= 11 is 5.79. The highest BCUT2D eigenvalue weighted by molar-refractivity contribution is 6.30. The van der Waals surface area contributed by atoms with E-state index in [9.17, 15) is 9.59 Å². The van der Waals surface area contributed by atoms with Crippen LogP contribution < -0.4 is 5.56 Å². The molecule has 1 aliphatic rings. The van der Waals surface area contributed by atoms with E-state index in [0.717, 1.165) is 11.5 Å². The number of aromatic amines is 1. The topological polar surface area (TPSA) is 80.2 Å². The van der Waals surface area contributed by atoms with Crippen LogP contribution in [0.1, 0.15) is 28.0 Å². The summed E-state index contributed by atoms with van der Waals surface area (Å²) in [5.41, 5.74) is 0.847. The molecule has 0 bridgehead atoms. The average Bonchev–Trinajstić information content (AvgIpc) is 2.88. The van der Waals surface area contributed by atoms with Crippen LogP contribution in [-0.2, 0) is 11.8 Å². The molecule has 1 amide bonds. The predicted molar refractivity (Wildman–Crippen MR) is 84.6 cm³/mol. The highest BCUT2D eigenvalue weighted by Crippen LogP contribution is 2.22. The molecule has 0 aromatic carbocycles. The molecule has 0 spiro atoms. The van der Waals surface area contributed by atoms with Gasteiger partial charge in [-0.15, -0.1) is 0 Å². The molecule has 1 atom stereocenters. The fourth-order valence-corrected chi connectivity index (χ4v) is 2.86. The van der Waals surface area contributed by atoms with Crippen LogP contribution in [0.5, 0.6) is 0 Å². The van der Waals surface area contributed by atoms with E-state index in [-0.39, 0.29) is 17.0 Å². The molecule has 0 saturated carbocycles. The van der Waals surface area contributed by atoms with Gasteiger partial charge < -0.3 is 19.2 Å². The Morgan fingerprint density at radius 3 is 2.96 bits per heavy atom. The van der Waals surface area contributed by atoms with Gasteiger partial charge in [0.2, 0.25) is 0 Å². The Bertz CT molecular complexity index is 798. The van der Waals surface area contributed by atoms with Crippen molar-refractivity contribution < 1.29 is 9.53 Å². The summed E-state index contributed by atoms with van der Waals surface area (Å²) in [7, 11) is 1.90. The highest BCUT2D eigenvalue weighted by Gasteiger charge is 2.29. The van der Waals surface area contributed by atoms with E-state index in [1.54, 1.807) is 4.90 Å². The zero-order valence-corrected chi connectivity index (χ0v) is 13.6. The Morgan fingerprint density at radius 1 is 1.52 bits per heavy atom. The third-order valence-electron chi connectivity index (χ3n) is 3.78.